The molecule has 0 saturated heterocycles. The minimum absolute atomic E-state index is 0.258. The summed E-state index contributed by atoms with van der Waals surface area (Å²) in [5.74, 6) is 1.12. The average molecular weight is 284 g/mol. The van der Waals surface area contributed by atoms with E-state index >= 15 is 0 Å². The van der Waals surface area contributed by atoms with Gasteiger partial charge in [0.25, 0.3) is 0 Å². The van der Waals surface area contributed by atoms with Crippen LogP contribution in [-0.4, -0.2) is 29.5 Å². The molecule has 0 aromatic heterocycles. The van der Waals surface area contributed by atoms with Crippen LogP contribution in [0.15, 0.2) is 0 Å². The Labute approximate surface area is 107 Å². The van der Waals surface area contributed by atoms with Crippen molar-refractivity contribution in [1.29, 1.82) is 0 Å². The maximum Gasteiger partial charge on any atom is 0.00655 e. The summed E-state index contributed by atoms with van der Waals surface area (Å²) < 4.78 is 0. The third-order valence-corrected chi connectivity index (χ3v) is 18.7. The van der Waals surface area contributed by atoms with Crippen LogP contribution in [0.3, 0.4) is 0 Å². The summed E-state index contributed by atoms with van der Waals surface area (Å²) in [7, 11) is 0. The van der Waals surface area contributed by atoms with Crippen molar-refractivity contribution in [2.24, 2.45) is 0 Å². The van der Waals surface area contributed by atoms with Gasteiger partial charge in [-0.25, -0.2) is 0 Å². The van der Waals surface area contributed by atoms with Crippen LogP contribution in [0.5, 0.6) is 0 Å². The van der Waals surface area contributed by atoms with Gasteiger partial charge < -0.3 is 0 Å². The topological polar surface area (TPSA) is 0 Å². The zero-order chi connectivity index (χ0) is 12.7. The van der Waals surface area contributed by atoms with E-state index in [9.17, 15) is 0 Å². The Bertz CT molecular complexity index is 286. The first-order valence-electron chi connectivity index (χ1n) is 5.34. The van der Waals surface area contributed by atoms with Crippen molar-refractivity contribution in [3.8, 4) is 0 Å². The molecule has 2 atom stereocenters. The van der Waals surface area contributed by atoms with E-state index in [1.807, 2.05) is 0 Å². The van der Waals surface area contributed by atoms with Gasteiger partial charge in [0.1, 0.15) is 0 Å². The standard InChI is InChI=1S/C11H26P2S2/c1-10(2,3)12(7,14)9-13(8,15)11(4,5)6/h9H2,1-8H3/t12-,13-/m0/s1. The second-order valence-electron chi connectivity index (χ2n) is 6.68. The maximum atomic E-state index is 5.87. The second kappa shape index (κ2) is 4.52. The highest BCUT2D eigenvalue weighted by atomic mass is 32.5. The van der Waals surface area contributed by atoms with Crippen molar-refractivity contribution >= 4 is 35.7 Å². The number of hydrogen-bond donors (Lipinski definition) is 0. The van der Waals surface area contributed by atoms with Crippen LogP contribution < -0.4 is 0 Å². The first-order chi connectivity index (χ1) is 6.21. The zero-order valence-electron chi connectivity index (χ0n) is 11.4. The molecule has 92 valence electrons. The summed E-state index contributed by atoms with van der Waals surface area (Å²) in [5, 5.41) is 0.515. The largest absolute Gasteiger partial charge is 0.0968 e. The third kappa shape index (κ3) is 4.23. The van der Waals surface area contributed by atoms with Crippen molar-refractivity contribution in [2.45, 2.75) is 51.9 Å². The van der Waals surface area contributed by atoms with E-state index in [1.165, 1.54) is 0 Å². The Kier molecular flexibility index (Phi) is 4.92. The summed E-state index contributed by atoms with van der Waals surface area (Å²) in [5.41, 5.74) is 0. The van der Waals surface area contributed by atoms with Crippen molar-refractivity contribution < 1.29 is 0 Å². The van der Waals surface area contributed by atoms with E-state index in [4.69, 9.17) is 23.6 Å². The smallest absolute Gasteiger partial charge is 0.00655 e. The molecule has 0 N–H and O–H groups in total. The Morgan fingerprint density at radius 3 is 1.07 bits per heavy atom. The summed E-state index contributed by atoms with van der Waals surface area (Å²) in [6, 6.07) is -2.63. The lowest BCUT2D eigenvalue weighted by molar-refractivity contribution is 0.777. The lowest BCUT2D eigenvalue weighted by Crippen LogP contribution is -2.21. The Morgan fingerprint density at radius 2 is 0.933 bits per heavy atom. The minimum Gasteiger partial charge on any atom is -0.0968 e. The highest BCUT2D eigenvalue weighted by Crippen LogP contribution is 2.69. The molecule has 0 fully saturated rings. The van der Waals surface area contributed by atoms with Gasteiger partial charge in [0.15, 0.2) is 0 Å². The Hall–Kier alpha value is 1.30. The van der Waals surface area contributed by atoms with Gasteiger partial charge in [-0.3, -0.25) is 0 Å². The van der Waals surface area contributed by atoms with Crippen LogP contribution >= 0.6 is 12.1 Å². The normalized spacial score (nSPS) is 21.9. The molecule has 0 aromatic carbocycles. The monoisotopic (exact) mass is 284 g/mol. The molecule has 0 saturated carbocycles. The fourth-order valence-electron chi connectivity index (χ4n) is 0.939. The SMILES string of the molecule is CC(C)(C)[P@@](C)(=S)C[P@](C)(=S)C(C)(C)C. The highest BCUT2D eigenvalue weighted by molar-refractivity contribution is 8.24. The second-order valence-corrected chi connectivity index (χ2v) is 19.7. The summed E-state index contributed by atoms with van der Waals surface area (Å²) in [6.07, 6.45) is 0. The van der Waals surface area contributed by atoms with Crippen molar-refractivity contribution in [3.63, 3.8) is 0 Å². The molecule has 0 amide bonds. The van der Waals surface area contributed by atoms with Crippen LogP contribution in [-0.2, 0) is 23.6 Å². The molecule has 15 heavy (non-hydrogen) atoms. The van der Waals surface area contributed by atoms with Gasteiger partial charge in [-0.05, 0) is 35.7 Å². The maximum absolute atomic E-state index is 5.87. The molecular formula is C11H26P2S2. The molecule has 0 aliphatic rings. The molecule has 4 heteroatoms. The van der Waals surface area contributed by atoms with E-state index in [0.29, 0.717) is 0 Å². The molecule has 0 rings (SSSR count). The van der Waals surface area contributed by atoms with Crippen molar-refractivity contribution in [1.82, 2.24) is 0 Å². The van der Waals surface area contributed by atoms with Gasteiger partial charge in [0.05, 0.1) is 0 Å². The van der Waals surface area contributed by atoms with Crippen LogP contribution in [0.1, 0.15) is 41.5 Å². The van der Waals surface area contributed by atoms with Crippen LogP contribution in [0.2, 0.25) is 0 Å². The van der Waals surface area contributed by atoms with Crippen molar-refractivity contribution in [2.75, 3.05) is 19.2 Å². The molecular weight excluding hydrogens is 258 g/mol. The van der Waals surface area contributed by atoms with Gasteiger partial charge >= 0.3 is 0 Å². The van der Waals surface area contributed by atoms with Crippen molar-refractivity contribution in [3.05, 3.63) is 0 Å². The Morgan fingerprint density at radius 1 is 0.733 bits per heavy atom. The Balaban J connectivity index is 5.08. The molecule has 0 nitrogen and oxygen atoms in total. The zero-order valence-corrected chi connectivity index (χ0v) is 14.8. The first-order valence-corrected chi connectivity index (χ1v) is 12.2. The van der Waals surface area contributed by atoms with Gasteiger partial charge in [-0.15, -0.1) is 0 Å². The predicted octanol–water partition coefficient (Wildman–Crippen LogP) is 4.76. The molecule has 0 unspecified atom stereocenters. The van der Waals surface area contributed by atoms with Gasteiger partial charge in [0.2, 0.25) is 0 Å². The van der Waals surface area contributed by atoms with Crippen LogP contribution in [0, 0.1) is 0 Å². The van der Waals surface area contributed by atoms with Gasteiger partial charge in [0, 0.05) is 5.90 Å². The number of hydrogen-bond acceptors (Lipinski definition) is 2. The molecule has 0 aromatic rings. The average Bonchev–Trinajstić information content (AvgIpc) is 1.77. The van der Waals surface area contributed by atoms with E-state index in [0.717, 1.165) is 5.90 Å². The summed E-state index contributed by atoms with van der Waals surface area (Å²) in [4.78, 5) is 0. The summed E-state index contributed by atoms with van der Waals surface area (Å²) in [6.45, 7) is 18.2. The molecule has 0 spiro atoms. The third-order valence-electron chi connectivity index (χ3n) is 3.38. The quantitative estimate of drug-likeness (QED) is 0.671. The fraction of sp³-hybridized carbons (Fsp3) is 1.00. The lowest BCUT2D eigenvalue weighted by atomic mass is 10.3. The minimum atomic E-state index is -1.32. The van der Waals surface area contributed by atoms with Crippen LogP contribution in [0.25, 0.3) is 0 Å². The number of rotatable bonds is 2. The fourth-order valence-corrected chi connectivity index (χ4v) is 13.3. The molecule has 0 radical (unpaired) electrons. The molecule has 0 aliphatic heterocycles. The molecule has 0 aliphatic carbocycles. The van der Waals surface area contributed by atoms with E-state index in [1.54, 1.807) is 0 Å². The van der Waals surface area contributed by atoms with Crippen LogP contribution in [0.4, 0.5) is 0 Å². The lowest BCUT2D eigenvalue weighted by Gasteiger charge is -2.40. The van der Waals surface area contributed by atoms with Gasteiger partial charge in [-0.1, -0.05) is 65.2 Å². The van der Waals surface area contributed by atoms with E-state index in [2.05, 4.69) is 54.9 Å². The first kappa shape index (κ1) is 16.3. The van der Waals surface area contributed by atoms with E-state index < -0.39 is 12.1 Å². The highest BCUT2D eigenvalue weighted by Gasteiger charge is 2.36. The molecule has 0 heterocycles. The molecule has 0 bridgehead atoms. The summed E-state index contributed by atoms with van der Waals surface area (Å²) >= 11 is 11.7. The predicted molar refractivity (Wildman–Crippen MR) is 84.8 cm³/mol. The van der Waals surface area contributed by atoms with Gasteiger partial charge in [-0.2, -0.15) is 0 Å². The van der Waals surface area contributed by atoms with E-state index in [-0.39, 0.29) is 10.3 Å².